The number of nitrogens with one attached hydrogen (secondary N) is 2. The zero-order chi connectivity index (χ0) is 17.8. The Balaban J connectivity index is 1.90. The molecule has 0 saturated heterocycles. The number of fused-ring (bicyclic) bond motifs is 1. The van der Waals surface area contributed by atoms with Crippen molar-refractivity contribution in [1.29, 1.82) is 0 Å². The van der Waals surface area contributed by atoms with E-state index in [2.05, 4.69) is 30.6 Å². The van der Waals surface area contributed by atoms with E-state index in [1.165, 1.54) is 6.33 Å². The van der Waals surface area contributed by atoms with E-state index in [-0.39, 0.29) is 18.4 Å². The van der Waals surface area contributed by atoms with Gasteiger partial charge >= 0.3 is 0 Å². The number of benzene rings is 1. The van der Waals surface area contributed by atoms with E-state index < -0.39 is 0 Å². The quantitative estimate of drug-likeness (QED) is 0.630. The van der Waals surface area contributed by atoms with E-state index in [1.807, 2.05) is 38.1 Å². The van der Waals surface area contributed by atoms with Crippen LogP contribution in [0.25, 0.3) is 11.0 Å². The molecule has 1 unspecified atom stereocenters. The number of anilines is 3. The highest BCUT2D eigenvalue weighted by Gasteiger charge is 2.11. The highest BCUT2D eigenvalue weighted by Crippen LogP contribution is 2.22. The number of carbonyl (C=O) groups excluding carboxylic acids is 1. The summed E-state index contributed by atoms with van der Waals surface area (Å²) in [5, 5.41) is 6.32. The average Bonchev–Trinajstić information content (AvgIpc) is 2.54. The van der Waals surface area contributed by atoms with E-state index in [4.69, 9.17) is 5.73 Å². The lowest BCUT2D eigenvalue weighted by Crippen LogP contribution is -2.24. The van der Waals surface area contributed by atoms with Crippen LogP contribution < -0.4 is 16.4 Å². The molecule has 4 N–H and O–H groups in total. The normalized spacial score (nSPS) is 11.9. The van der Waals surface area contributed by atoms with Crippen LogP contribution in [0.5, 0.6) is 0 Å². The third kappa shape index (κ3) is 4.17. The van der Waals surface area contributed by atoms with E-state index >= 15 is 0 Å². The van der Waals surface area contributed by atoms with Crippen LogP contribution in [-0.2, 0) is 4.79 Å². The first-order valence-electron chi connectivity index (χ1n) is 7.87. The molecule has 8 nitrogen and oxygen atoms in total. The van der Waals surface area contributed by atoms with Gasteiger partial charge in [0.1, 0.15) is 17.4 Å². The second-order valence-electron chi connectivity index (χ2n) is 5.86. The minimum Gasteiger partial charge on any atom is -0.370 e. The van der Waals surface area contributed by atoms with Crippen molar-refractivity contribution in [3.63, 3.8) is 0 Å². The Morgan fingerprint density at radius 1 is 1.28 bits per heavy atom. The van der Waals surface area contributed by atoms with Gasteiger partial charge in [0.15, 0.2) is 5.82 Å². The highest BCUT2D eigenvalue weighted by molar-refractivity contribution is 5.87. The molecule has 0 radical (unpaired) electrons. The van der Waals surface area contributed by atoms with Gasteiger partial charge in [0.05, 0.1) is 6.20 Å². The Hall–Kier alpha value is -3.29. The third-order valence-electron chi connectivity index (χ3n) is 3.54. The Kier molecular flexibility index (Phi) is 4.69. The molecule has 25 heavy (non-hydrogen) atoms. The number of hydrogen-bond donors (Lipinski definition) is 3. The van der Waals surface area contributed by atoms with Crippen LogP contribution in [-0.4, -0.2) is 31.9 Å². The maximum atomic E-state index is 11.0. The fraction of sp³-hybridized carbons (Fsp3) is 0.235. The van der Waals surface area contributed by atoms with Gasteiger partial charge in [-0.25, -0.2) is 19.9 Å². The first-order valence-corrected chi connectivity index (χ1v) is 7.87. The molecule has 2 aromatic heterocycles. The molecule has 1 amide bonds. The Bertz CT molecular complexity index is 912. The third-order valence-corrected chi connectivity index (χ3v) is 3.54. The number of hydrogen-bond acceptors (Lipinski definition) is 7. The maximum Gasteiger partial charge on any atom is 0.223 e. The number of amides is 1. The van der Waals surface area contributed by atoms with Crippen LogP contribution in [0.3, 0.4) is 0 Å². The molecule has 8 heteroatoms. The largest absolute Gasteiger partial charge is 0.370 e. The maximum absolute atomic E-state index is 11.0. The summed E-state index contributed by atoms with van der Waals surface area (Å²) < 4.78 is 0. The first-order chi connectivity index (χ1) is 12.0. The lowest BCUT2D eigenvalue weighted by Gasteiger charge is -2.13. The van der Waals surface area contributed by atoms with Crippen molar-refractivity contribution in [2.24, 2.45) is 5.73 Å². The number of aryl methyl sites for hydroxylation is 1. The lowest BCUT2D eigenvalue weighted by molar-refractivity contribution is -0.118. The van der Waals surface area contributed by atoms with Crippen molar-refractivity contribution in [2.75, 3.05) is 10.6 Å². The van der Waals surface area contributed by atoms with Crippen molar-refractivity contribution >= 4 is 34.4 Å². The van der Waals surface area contributed by atoms with Crippen LogP contribution in [0.15, 0.2) is 36.8 Å². The van der Waals surface area contributed by atoms with E-state index in [9.17, 15) is 4.79 Å². The fourth-order valence-electron chi connectivity index (χ4n) is 2.45. The molecule has 0 spiro atoms. The van der Waals surface area contributed by atoms with Crippen molar-refractivity contribution in [3.8, 4) is 0 Å². The molecule has 0 bridgehead atoms. The van der Waals surface area contributed by atoms with Crippen molar-refractivity contribution in [1.82, 2.24) is 19.9 Å². The summed E-state index contributed by atoms with van der Waals surface area (Å²) >= 11 is 0. The molecule has 1 atom stereocenters. The summed E-state index contributed by atoms with van der Waals surface area (Å²) in [6.07, 6.45) is 3.28. The zero-order valence-electron chi connectivity index (χ0n) is 14.0. The van der Waals surface area contributed by atoms with Gasteiger partial charge in [-0.1, -0.05) is 12.1 Å². The van der Waals surface area contributed by atoms with Crippen LogP contribution in [0, 0.1) is 6.92 Å². The average molecular weight is 337 g/mol. The van der Waals surface area contributed by atoms with Crippen molar-refractivity contribution in [3.05, 3.63) is 42.4 Å². The molecule has 0 saturated carbocycles. The molecule has 128 valence electrons. The predicted octanol–water partition coefficient (Wildman–Crippen LogP) is 2.15. The van der Waals surface area contributed by atoms with Crippen LogP contribution in [0.1, 0.15) is 18.9 Å². The van der Waals surface area contributed by atoms with E-state index in [0.29, 0.717) is 22.8 Å². The number of carbonyl (C=O) groups is 1. The molecule has 0 aliphatic heterocycles. The van der Waals surface area contributed by atoms with Gasteiger partial charge in [-0.3, -0.25) is 4.79 Å². The summed E-state index contributed by atoms with van der Waals surface area (Å²) in [5.74, 6) is 0.595. The van der Waals surface area contributed by atoms with Crippen LogP contribution in [0.4, 0.5) is 17.5 Å². The van der Waals surface area contributed by atoms with E-state index in [0.717, 1.165) is 11.3 Å². The van der Waals surface area contributed by atoms with Gasteiger partial charge in [-0.15, -0.1) is 0 Å². The molecular formula is C17H19N7O. The monoisotopic (exact) mass is 337 g/mol. The molecular weight excluding hydrogens is 318 g/mol. The summed E-state index contributed by atoms with van der Waals surface area (Å²) in [6.45, 7) is 3.86. The number of aromatic nitrogens is 4. The van der Waals surface area contributed by atoms with E-state index in [1.54, 1.807) is 6.20 Å². The van der Waals surface area contributed by atoms with Gasteiger partial charge in [0.2, 0.25) is 11.9 Å². The number of rotatable bonds is 6. The topological polar surface area (TPSA) is 119 Å². The lowest BCUT2D eigenvalue weighted by atomic mass is 10.2. The molecule has 0 aliphatic rings. The second kappa shape index (κ2) is 7.08. The number of nitrogens with zero attached hydrogens (tertiary/aromatic N) is 4. The molecule has 2 heterocycles. The standard InChI is InChI=1S/C17H19N7O/c1-10-4-3-5-12(6-10)23-16-15-13(20-9-21-16)8-19-17(24-15)22-11(2)7-14(18)25/h3-6,8-9,11H,7H2,1-2H3,(H2,18,25)(H,19,22,24)(H,20,21,23). The highest BCUT2D eigenvalue weighted by atomic mass is 16.1. The molecule has 3 aromatic rings. The second-order valence-corrected chi connectivity index (χ2v) is 5.86. The molecule has 0 fully saturated rings. The number of nitrogens with two attached hydrogens (primary N) is 1. The summed E-state index contributed by atoms with van der Waals surface area (Å²) in [7, 11) is 0. The van der Waals surface area contributed by atoms with Gasteiger partial charge in [-0.05, 0) is 31.5 Å². The molecule has 0 aliphatic carbocycles. The predicted molar refractivity (Wildman–Crippen MR) is 96.5 cm³/mol. The molecule has 3 rings (SSSR count). The summed E-state index contributed by atoms with van der Waals surface area (Å²) in [4.78, 5) is 28.2. The van der Waals surface area contributed by atoms with Gasteiger partial charge in [-0.2, -0.15) is 0 Å². The van der Waals surface area contributed by atoms with Crippen molar-refractivity contribution < 1.29 is 4.79 Å². The first kappa shape index (κ1) is 16.6. The minimum atomic E-state index is -0.383. The van der Waals surface area contributed by atoms with Gasteiger partial charge in [0.25, 0.3) is 0 Å². The Labute approximate surface area is 144 Å². The smallest absolute Gasteiger partial charge is 0.223 e. The van der Waals surface area contributed by atoms with Crippen LogP contribution >= 0.6 is 0 Å². The van der Waals surface area contributed by atoms with Gasteiger partial charge in [0, 0.05) is 18.2 Å². The fourth-order valence-corrected chi connectivity index (χ4v) is 2.45. The summed E-state index contributed by atoms with van der Waals surface area (Å²) in [5.41, 5.74) is 8.48. The zero-order valence-corrected chi connectivity index (χ0v) is 14.0. The Morgan fingerprint density at radius 2 is 2.12 bits per heavy atom. The SMILES string of the molecule is Cc1cccc(Nc2ncnc3cnc(NC(C)CC(N)=O)nc23)c1. The van der Waals surface area contributed by atoms with Gasteiger partial charge < -0.3 is 16.4 Å². The Morgan fingerprint density at radius 3 is 2.88 bits per heavy atom. The number of primary amides is 1. The van der Waals surface area contributed by atoms with Crippen molar-refractivity contribution in [2.45, 2.75) is 26.3 Å². The molecule has 1 aromatic carbocycles. The minimum absolute atomic E-state index is 0.173. The summed E-state index contributed by atoms with van der Waals surface area (Å²) in [6, 6.07) is 7.79. The van der Waals surface area contributed by atoms with Crippen LogP contribution in [0.2, 0.25) is 0 Å².